The molecule has 2 nitrogen and oxygen atoms in total. The van der Waals surface area contributed by atoms with Crippen molar-refractivity contribution < 1.29 is 4.79 Å². The second-order valence-electron chi connectivity index (χ2n) is 5.76. The quantitative estimate of drug-likeness (QED) is 0.725. The van der Waals surface area contributed by atoms with Crippen molar-refractivity contribution in [2.24, 2.45) is 5.92 Å². The van der Waals surface area contributed by atoms with Gasteiger partial charge in [0.1, 0.15) is 0 Å². The van der Waals surface area contributed by atoms with E-state index < -0.39 is 4.32 Å². The summed E-state index contributed by atoms with van der Waals surface area (Å²) in [5, 5.41) is 0. The van der Waals surface area contributed by atoms with Crippen LogP contribution in [0, 0.1) is 5.92 Å². The second-order valence-corrected chi connectivity index (χ2v) is 7.74. The molecule has 0 saturated heterocycles. The van der Waals surface area contributed by atoms with Gasteiger partial charge in [-0.1, -0.05) is 42.6 Å². The zero-order valence-corrected chi connectivity index (χ0v) is 12.5. The van der Waals surface area contributed by atoms with E-state index in [9.17, 15) is 4.79 Å². The number of hydrogen-bond acceptors (Lipinski definition) is 1. The van der Waals surface area contributed by atoms with Gasteiger partial charge in [0.15, 0.2) is 0 Å². The molecule has 0 radical (unpaired) electrons. The van der Waals surface area contributed by atoms with Gasteiger partial charge in [-0.2, -0.15) is 0 Å². The maximum atomic E-state index is 12.4. The highest BCUT2D eigenvalue weighted by molar-refractivity contribution is 9.10. The Morgan fingerprint density at radius 3 is 2.25 bits per heavy atom. The van der Waals surface area contributed by atoms with Crippen molar-refractivity contribution in [2.75, 3.05) is 6.54 Å². The van der Waals surface area contributed by atoms with Gasteiger partial charge in [-0.05, 0) is 32.6 Å². The first-order chi connectivity index (χ1) is 7.32. The highest BCUT2D eigenvalue weighted by Gasteiger charge is 2.34. The molecule has 0 aromatic heterocycles. The van der Waals surface area contributed by atoms with Crippen LogP contribution in [0.25, 0.3) is 0 Å². The predicted molar refractivity (Wildman–Crippen MR) is 71.8 cm³/mol. The van der Waals surface area contributed by atoms with Crippen LogP contribution in [0.1, 0.15) is 53.4 Å². The summed E-state index contributed by atoms with van der Waals surface area (Å²) in [6.07, 6.45) is 4.91. The summed E-state index contributed by atoms with van der Waals surface area (Å²) >= 11 is 3.49. The predicted octanol–water partition coefficient (Wildman–Crippen LogP) is 3.59. The van der Waals surface area contributed by atoms with Gasteiger partial charge in [-0.3, -0.25) is 4.79 Å². The highest BCUT2D eigenvalue weighted by Crippen LogP contribution is 2.28. The van der Waals surface area contributed by atoms with Gasteiger partial charge in [0.25, 0.3) is 0 Å². The summed E-state index contributed by atoms with van der Waals surface area (Å²) < 4.78 is -0.426. The van der Waals surface area contributed by atoms with E-state index in [1.807, 2.05) is 13.8 Å². The van der Waals surface area contributed by atoms with Crippen LogP contribution >= 0.6 is 15.9 Å². The minimum absolute atomic E-state index is 0.244. The fourth-order valence-corrected chi connectivity index (χ4v) is 2.58. The standard InChI is InChI=1S/C13H24BrNO/c1-10(2)9-15(11-7-5-6-8-11)12(16)13(3,4)14/h10-11H,5-9H2,1-4H3. The van der Waals surface area contributed by atoms with Crippen molar-refractivity contribution in [3.63, 3.8) is 0 Å². The van der Waals surface area contributed by atoms with Crippen molar-refractivity contribution in [3.05, 3.63) is 0 Å². The van der Waals surface area contributed by atoms with Crippen molar-refractivity contribution in [1.82, 2.24) is 4.90 Å². The fourth-order valence-electron chi connectivity index (χ4n) is 2.35. The summed E-state index contributed by atoms with van der Waals surface area (Å²) in [6, 6.07) is 0.478. The molecule has 1 rings (SSSR count). The number of carbonyl (C=O) groups excluding carboxylic acids is 1. The van der Waals surface area contributed by atoms with Gasteiger partial charge >= 0.3 is 0 Å². The number of halogens is 1. The number of nitrogens with zero attached hydrogens (tertiary/aromatic N) is 1. The molecule has 0 aromatic carbocycles. The molecule has 0 N–H and O–H groups in total. The van der Waals surface area contributed by atoms with Gasteiger partial charge in [-0.15, -0.1) is 0 Å². The number of carbonyl (C=O) groups is 1. The SMILES string of the molecule is CC(C)CN(C(=O)C(C)(C)Br)C1CCCC1. The van der Waals surface area contributed by atoms with Crippen LogP contribution in [0.4, 0.5) is 0 Å². The van der Waals surface area contributed by atoms with E-state index in [0.717, 1.165) is 6.54 Å². The molecule has 1 saturated carbocycles. The monoisotopic (exact) mass is 289 g/mol. The van der Waals surface area contributed by atoms with E-state index in [0.29, 0.717) is 12.0 Å². The van der Waals surface area contributed by atoms with E-state index in [1.165, 1.54) is 25.7 Å². The molecule has 0 spiro atoms. The van der Waals surface area contributed by atoms with Gasteiger partial charge in [0.05, 0.1) is 4.32 Å². The molecule has 1 aliphatic rings. The Labute approximate surface area is 108 Å². The van der Waals surface area contributed by atoms with Crippen LogP contribution in [-0.2, 0) is 4.79 Å². The lowest BCUT2D eigenvalue weighted by molar-refractivity contribution is -0.135. The van der Waals surface area contributed by atoms with Gasteiger partial charge in [0.2, 0.25) is 5.91 Å². The Bertz CT molecular complexity index is 239. The van der Waals surface area contributed by atoms with Crippen LogP contribution in [0.2, 0.25) is 0 Å². The summed E-state index contributed by atoms with van der Waals surface area (Å²) in [6.45, 7) is 9.13. The highest BCUT2D eigenvalue weighted by atomic mass is 79.9. The molecule has 0 aromatic rings. The molecule has 0 bridgehead atoms. The topological polar surface area (TPSA) is 20.3 Å². The van der Waals surface area contributed by atoms with E-state index in [1.54, 1.807) is 0 Å². The Morgan fingerprint density at radius 1 is 1.38 bits per heavy atom. The molecule has 16 heavy (non-hydrogen) atoms. The van der Waals surface area contributed by atoms with Crippen molar-refractivity contribution in [3.8, 4) is 0 Å². The molecule has 0 atom stereocenters. The van der Waals surface area contributed by atoms with Gasteiger partial charge in [-0.25, -0.2) is 0 Å². The minimum atomic E-state index is -0.426. The summed E-state index contributed by atoms with van der Waals surface area (Å²) in [4.78, 5) is 14.5. The average Bonchev–Trinajstić information content (AvgIpc) is 2.63. The smallest absolute Gasteiger partial charge is 0.239 e. The third-order valence-electron chi connectivity index (χ3n) is 3.10. The number of amides is 1. The Morgan fingerprint density at radius 2 is 1.88 bits per heavy atom. The molecule has 3 heteroatoms. The maximum Gasteiger partial charge on any atom is 0.239 e. The van der Waals surface area contributed by atoms with E-state index in [4.69, 9.17) is 0 Å². The summed E-state index contributed by atoms with van der Waals surface area (Å²) in [7, 11) is 0. The molecular formula is C13H24BrNO. The third kappa shape index (κ3) is 3.76. The zero-order chi connectivity index (χ0) is 12.3. The molecule has 94 valence electrons. The summed E-state index contributed by atoms with van der Waals surface area (Å²) in [5.74, 6) is 0.785. The molecule has 0 aliphatic heterocycles. The van der Waals surface area contributed by atoms with Crippen LogP contribution in [-0.4, -0.2) is 27.7 Å². The second kappa shape index (κ2) is 5.52. The molecule has 1 fully saturated rings. The van der Waals surface area contributed by atoms with Crippen molar-refractivity contribution in [1.29, 1.82) is 0 Å². The van der Waals surface area contributed by atoms with Crippen molar-refractivity contribution in [2.45, 2.75) is 63.7 Å². The van der Waals surface area contributed by atoms with Crippen LogP contribution in [0.3, 0.4) is 0 Å². The van der Waals surface area contributed by atoms with Gasteiger partial charge < -0.3 is 4.90 Å². The Kier molecular flexibility index (Phi) is 4.84. The zero-order valence-electron chi connectivity index (χ0n) is 10.9. The van der Waals surface area contributed by atoms with E-state index >= 15 is 0 Å². The van der Waals surface area contributed by atoms with E-state index in [-0.39, 0.29) is 5.91 Å². The number of alkyl halides is 1. The van der Waals surface area contributed by atoms with Crippen LogP contribution < -0.4 is 0 Å². The first-order valence-electron chi connectivity index (χ1n) is 6.32. The normalized spacial score (nSPS) is 18.1. The Hall–Kier alpha value is -0.0500. The molecular weight excluding hydrogens is 266 g/mol. The van der Waals surface area contributed by atoms with Crippen LogP contribution in [0.15, 0.2) is 0 Å². The number of hydrogen-bond donors (Lipinski definition) is 0. The molecule has 1 aliphatic carbocycles. The third-order valence-corrected chi connectivity index (χ3v) is 3.44. The Balaban J connectivity index is 2.73. The molecule has 1 amide bonds. The van der Waals surface area contributed by atoms with E-state index in [2.05, 4.69) is 34.7 Å². The largest absolute Gasteiger partial charge is 0.338 e. The lowest BCUT2D eigenvalue weighted by atomic mass is 10.1. The summed E-state index contributed by atoms with van der Waals surface area (Å²) in [5.41, 5.74) is 0. The van der Waals surface area contributed by atoms with Crippen molar-refractivity contribution >= 4 is 21.8 Å². The first kappa shape index (κ1) is 14.0. The maximum absolute atomic E-state index is 12.4. The minimum Gasteiger partial charge on any atom is -0.338 e. The lowest BCUT2D eigenvalue weighted by Crippen LogP contribution is -2.48. The fraction of sp³-hybridized carbons (Fsp3) is 0.923. The molecule has 0 heterocycles. The number of rotatable bonds is 4. The molecule has 0 unspecified atom stereocenters. The van der Waals surface area contributed by atoms with Gasteiger partial charge in [0, 0.05) is 12.6 Å². The van der Waals surface area contributed by atoms with Crippen LogP contribution in [0.5, 0.6) is 0 Å². The first-order valence-corrected chi connectivity index (χ1v) is 7.11. The lowest BCUT2D eigenvalue weighted by Gasteiger charge is -2.34. The average molecular weight is 290 g/mol.